The van der Waals surface area contributed by atoms with E-state index in [-0.39, 0.29) is 0 Å². The molecule has 15 heavy (non-hydrogen) atoms. The van der Waals surface area contributed by atoms with E-state index in [0.29, 0.717) is 0 Å². The third kappa shape index (κ3) is 2.38. The molecule has 80 valence electrons. The van der Waals surface area contributed by atoms with Gasteiger partial charge in [-0.2, -0.15) is 0 Å². The zero-order chi connectivity index (χ0) is 10.8. The minimum Gasteiger partial charge on any atom is -0.384 e. The summed E-state index contributed by atoms with van der Waals surface area (Å²) >= 11 is 0. The predicted molar refractivity (Wildman–Crippen MR) is 64.9 cm³/mol. The number of hydrogen-bond donors (Lipinski definition) is 1. The van der Waals surface area contributed by atoms with Crippen LogP contribution in [-0.4, -0.2) is 11.5 Å². The highest BCUT2D eigenvalue weighted by Crippen LogP contribution is 2.31. The van der Waals surface area contributed by atoms with Gasteiger partial charge in [0.1, 0.15) is 0 Å². The molecule has 1 aromatic rings. The van der Waals surface area contributed by atoms with Crippen molar-refractivity contribution >= 4 is 11.3 Å². The van der Waals surface area contributed by atoms with Gasteiger partial charge in [-0.05, 0) is 43.7 Å². The largest absolute Gasteiger partial charge is 0.384 e. The van der Waals surface area contributed by atoms with E-state index in [2.05, 4.69) is 23.8 Å². The van der Waals surface area contributed by atoms with Crippen LogP contribution >= 0.6 is 0 Å². The molecule has 0 bridgehead atoms. The van der Waals surface area contributed by atoms with Crippen molar-refractivity contribution in [2.75, 3.05) is 11.9 Å². The first kappa shape index (κ1) is 10.2. The van der Waals surface area contributed by atoms with E-state index in [1.54, 1.807) is 0 Å². The molecular weight excluding hydrogens is 184 g/mol. The number of hydrogen-bond acceptors (Lipinski definition) is 2. The van der Waals surface area contributed by atoms with Crippen LogP contribution in [0.25, 0.3) is 5.57 Å². The van der Waals surface area contributed by atoms with Gasteiger partial charge in [-0.1, -0.05) is 6.58 Å². The molecule has 0 spiro atoms. The van der Waals surface area contributed by atoms with Crippen molar-refractivity contribution in [3.63, 3.8) is 0 Å². The molecule has 0 unspecified atom stereocenters. The SMILES string of the molecule is C=C(C)c1cncc(C)c1NCC1CC1. The monoisotopic (exact) mass is 202 g/mol. The molecule has 1 aromatic heterocycles. The predicted octanol–water partition coefficient (Wildman–Crippen LogP) is 3.25. The fourth-order valence-corrected chi connectivity index (χ4v) is 1.69. The van der Waals surface area contributed by atoms with Gasteiger partial charge in [-0.25, -0.2) is 0 Å². The molecule has 2 nitrogen and oxygen atoms in total. The van der Waals surface area contributed by atoms with Crippen molar-refractivity contribution in [2.24, 2.45) is 5.92 Å². The number of pyridine rings is 1. The van der Waals surface area contributed by atoms with Crippen LogP contribution in [-0.2, 0) is 0 Å². The number of rotatable bonds is 4. The van der Waals surface area contributed by atoms with Gasteiger partial charge >= 0.3 is 0 Å². The van der Waals surface area contributed by atoms with Crippen LogP contribution in [0.15, 0.2) is 19.0 Å². The lowest BCUT2D eigenvalue weighted by Crippen LogP contribution is -2.07. The molecule has 0 aromatic carbocycles. The number of allylic oxidation sites excluding steroid dienone is 1. The zero-order valence-corrected chi connectivity index (χ0v) is 9.51. The minimum atomic E-state index is 0.885. The van der Waals surface area contributed by atoms with E-state index in [9.17, 15) is 0 Å². The average Bonchev–Trinajstić information content (AvgIpc) is 2.99. The Morgan fingerprint density at radius 3 is 2.87 bits per heavy atom. The maximum Gasteiger partial charge on any atom is 0.0477 e. The van der Waals surface area contributed by atoms with Gasteiger partial charge in [-0.3, -0.25) is 4.98 Å². The van der Waals surface area contributed by atoms with Gasteiger partial charge in [0, 0.05) is 30.2 Å². The first-order valence-electron chi connectivity index (χ1n) is 5.53. The third-order valence-corrected chi connectivity index (χ3v) is 2.86. The minimum absolute atomic E-state index is 0.885. The summed E-state index contributed by atoms with van der Waals surface area (Å²) in [6.45, 7) is 9.20. The molecule has 0 aliphatic heterocycles. The van der Waals surface area contributed by atoms with Gasteiger partial charge in [0.25, 0.3) is 0 Å². The van der Waals surface area contributed by atoms with E-state index in [1.807, 2.05) is 19.3 Å². The molecule has 0 saturated heterocycles. The second kappa shape index (κ2) is 4.05. The smallest absolute Gasteiger partial charge is 0.0477 e. The average molecular weight is 202 g/mol. The number of aryl methyl sites for hydroxylation is 1. The number of anilines is 1. The lowest BCUT2D eigenvalue weighted by atomic mass is 10.1. The summed E-state index contributed by atoms with van der Waals surface area (Å²) in [5, 5.41) is 3.52. The highest BCUT2D eigenvalue weighted by molar-refractivity contribution is 5.75. The van der Waals surface area contributed by atoms with E-state index in [4.69, 9.17) is 0 Å². The van der Waals surface area contributed by atoms with Crippen molar-refractivity contribution in [3.8, 4) is 0 Å². The standard InChI is InChI=1S/C13H18N2/c1-9(2)12-8-14-6-10(3)13(12)15-7-11-4-5-11/h6,8,11H,1,4-5,7H2,2-3H3,(H,14,15). The summed E-state index contributed by atoms with van der Waals surface area (Å²) in [6.07, 6.45) is 6.55. The molecule has 0 amide bonds. The van der Waals surface area contributed by atoms with Crippen molar-refractivity contribution < 1.29 is 0 Å². The van der Waals surface area contributed by atoms with E-state index >= 15 is 0 Å². The summed E-state index contributed by atoms with van der Waals surface area (Å²) in [5.74, 6) is 0.885. The van der Waals surface area contributed by atoms with Crippen LogP contribution < -0.4 is 5.32 Å². The molecular formula is C13H18N2. The maximum atomic E-state index is 4.21. The van der Waals surface area contributed by atoms with Gasteiger partial charge in [0.05, 0.1) is 0 Å². The Bertz CT molecular complexity index is 378. The van der Waals surface area contributed by atoms with Crippen LogP contribution in [0, 0.1) is 12.8 Å². The fraction of sp³-hybridized carbons (Fsp3) is 0.462. The van der Waals surface area contributed by atoms with Crippen LogP contribution in [0.1, 0.15) is 30.9 Å². The van der Waals surface area contributed by atoms with Gasteiger partial charge < -0.3 is 5.32 Å². The summed E-state index contributed by atoms with van der Waals surface area (Å²) in [5.41, 5.74) is 4.64. The third-order valence-electron chi connectivity index (χ3n) is 2.86. The topological polar surface area (TPSA) is 24.9 Å². The lowest BCUT2D eigenvalue weighted by molar-refractivity contribution is 0.886. The molecule has 1 aliphatic rings. The highest BCUT2D eigenvalue weighted by atomic mass is 14.9. The number of nitrogens with one attached hydrogen (secondary N) is 1. The Labute approximate surface area is 91.4 Å². The zero-order valence-electron chi connectivity index (χ0n) is 9.51. The Morgan fingerprint density at radius 2 is 2.27 bits per heavy atom. The van der Waals surface area contributed by atoms with Crippen LogP contribution in [0.4, 0.5) is 5.69 Å². The Kier molecular flexibility index (Phi) is 2.76. The first-order chi connectivity index (χ1) is 7.18. The molecule has 1 aliphatic carbocycles. The van der Waals surface area contributed by atoms with Gasteiger partial charge in [-0.15, -0.1) is 0 Å². The second-order valence-electron chi connectivity index (χ2n) is 4.48. The number of nitrogens with zero attached hydrogens (tertiary/aromatic N) is 1. The van der Waals surface area contributed by atoms with Crippen molar-refractivity contribution in [1.29, 1.82) is 0 Å². The quantitative estimate of drug-likeness (QED) is 0.810. The van der Waals surface area contributed by atoms with Crippen molar-refractivity contribution in [3.05, 3.63) is 30.1 Å². The van der Waals surface area contributed by atoms with Crippen molar-refractivity contribution in [2.45, 2.75) is 26.7 Å². The van der Waals surface area contributed by atoms with Gasteiger partial charge in [0.15, 0.2) is 0 Å². The molecule has 2 heteroatoms. The lowest BCUT2D eigenvalue weighted by Gasteiger charge is -2.13. The molecule has 0 radical (unpaired) electrons. The van der Waals surface area contributed by atoms with Crippen LogP contribution in [0.2, 0.25) is 0 Å². The van der Waals surface area contributed by atoms with E-state index in [0.717, 1.165) is 23.6 Å². The Hall–Kier alpha value is -1.31. The molecule has 1 heterocycles. The second-order valence-corrected chi connectivity index (χ2v) is 4.48. The van der Waals surface area contributed by atoms with Crippen LogP contribution in [0.3, 0.4) is 0 Å². The van der Waals surface area contributed by atoms with E-state index in [1.165, 1.54) is 24.1 Å². The molecule has 1 N–H and O–H groups in total. The summed E-state index contributed by atoms with van der Waals surface area (Å²) in [7, 11) is 0. The summed E-state index contributed by atoms with van der Waals surface area (Å²) < 4.78 is 0. The van der Waals surface area contributed by atoms with Crippen molar-refractivity contribution in [1.82, 2.24) is 4.98 Å². The maximum absolute atomic E-state index is 4.21. The first-order valence-corrected chi connectivity index (χ1v) is 5.53. The molecule has 2 rings (SSSR count). The number of aromatic nitrogens is 1. The van der Waals surface area contributed by atoms with Crippen LogP contribution in [0.5, 0.6) is 0 Å². The highest BCUT2D eigenvalue weighted by Gasteiger charge is 2.21. The Balaban J connectivity index is 2.20. The molecule has 0 atom stereocenters. The molecule has 1 saturated carbocycles. The van der Waals surface area contributed by atoms with E-state index < -0.39 is 0 Å². The Morgan fingerprint density at radius 1 is 1.53 bits per heavy atom. The summed E-state index contributed by atoms with van der Waals surface area (Å²) in [4.78, 5) is 4.21. The normalized spacial score (nSPS) is 15.1. The fourth-order valence-electron chi connectivity index (χ4n) is 1.69. The molecule has 1 fully saturated rings. The summed E-state index contributed by atoms with van der Waals surface area (Å²) in [6, 6.07) is 0. The van der Waals surface area contributed by atoms with Gasteiger partial charge in [0.2, 0.25) is 0 Å².